The van der Waals surface area contributed by atoms with E-state index in [2.05, 4.69) is 22.9 Å². The number of carbonyl (C=O) groups excluding carboxylic acids is 1. The summed E-state index contributed by atoms with van der Waals surface area (Å²) in [5.41, 5.74) is 7.90. The molecule has 1 aliphatic heterocycles. The van der Waals surface area contributed by atoms with E-state index in [1.807, 2.05) is 42.5 Å². The number of amides is 1. The topological polar surface area (TPSA) is 124 Å². The van der Waals surface area contributed by atoms with Crippen molar-refractivity contribution in [1.82, 2.24) is 10.3 Å². The highest BCUT2D eigenvalue weighted by Gasteiger charge is 2.26. The molecule has 0 spiro atoms. The molecule has 0 aliphatic carbocycles. The first-order valence-corrected chi connectivity index (χ1v) is 12.3. The zero-order valence-corrected chi connectivity index (χ0v) is 20.6. The van der Waals surface area contributed by atoms with Gasteiger partial charge in [-0.15, -0.1) is 0 Å². The Morgan fingerprint density at radius 2 is 1.81 bits per heavy atom. The lowest BCUT2D eigenvalue weighted by Crippen LogP contribution is -2.30. The molecule has 8 nitrogen and oxygen atoms in total. The fourth-order valence-electron chi connectivity index (χ4n) is 4.06. The van der Waals surface area contributed by atoms with Gasteiger partial charge in [-0.3, -0.25) is 9.59 Å². The number of carbonyl (C=O) groups is 2. The van der Waals surface area contributed by atoms with Crippen LogP contribution in [-0.2, 0) is 17.6 Å². The highest BCUT2D eigenvalue weighted by molar-refractivity contribution is 7.81. The molecule has 9 heteroatoms. The summed E-state index contributed by atoms with van der Waals surface area (Å²) in [4.78, 5) is 28.5. The summed E-state index contributed by atoms with van der Waals surface area (Å²) in [6.07, 6.45) is 3.15. The maximum Gasteiger partial charge on any atom is 0.307 e. The number of ether oxygens (including phenoxy) is 2. The van der Waals surface area contributed by atoms with Crippen LogP contribution in [0, 0.1) is 5.92 Å². The summed E-state index contributed by atoms with van der Waals surface area (Å²) in [6.45, 7) is 0.403. The van der Waals surface area contributed by atoms with Gasteiger partial charge in [0.1, 0.15) is 5.82 Å². The maximum atomic E-state index is 12.7. The van der Waals surface area contributed by atoms with Crippen LogP contribution in [0.25, 0.3) is 0 Å². The number of hydrogen-bond donors (Lipinski definition) is 4. The fraction of sp³-hybridized carbons (Fsp3) is 0.296. The second kappa shape index (κ2) is 11.8. The molecule has 0 radical (unpaired) electrons. The zero-order chi connectivity index (χ0) is 25.5. The van der Waals surface area contributed by atoms with Gasteiger partial charge in [0.25, 0.3) is 5.91 Å². The number of thiol groups is 1. The Morgan fingerprint density at radius 3 is 2.47 bits per heavy atom. The molecule has 36 heavy (non-hydrogen) atoms. The van der Waals surface area contributed by atoms with Crippen molar-refractivity contribution in [3.05, 3.63) is 83.6 Å². The average Bonchev–Trinajstić information content (AvgIpc) is 3.29. The highest BCUT2D eigenvalue weighted by atomic mass is 32.1. The fourth-order valence-corrected chi connectivity index (χ4v) is 4.42. The van der Waals surface area contributed by atoms with E-state index in [0.717, 1.165) is 11.1 Å². The summed E-state index contributed by atoms with van der Waals surface area (Å²) in [5.74, 6) is 0.0463. The molecule has 188 valence electrons. The number of rotatable bonds is 11. The predicted octanol–water partition coefficient (Wildman–Crippen LogP) is 3.76. The first kappa shape index (κ1) is 25.4. The number of hydrogen-bond acceptors (Lipinski definition) is 7. The van der Waals surface area contributed by atoms with Gasteiger partial charge in [-0.05, 0) is 60.7 Å². The normalized spacial score (nSPS) is 14.2. The number of nitrogens with one attached hydrogen (secondary N) is 1. The molecule has 1 aromatic heterocycles. The molecule has 2 aromatic carbocycles. The second-order valence-corrected chi connectivity index (χ2v) is 9.37. The van der Waals surface area contributed by atoms with E-state index < -0.39 is 18.2 Å². The van der Waals surface area contributed by atoms with Gasteiger partial charge in [0.2, 0.25) is 6.29 Å². The van der Waals surface area contributed by atoms with Gasteiger partial charge in [-0.1, -0.05) is 30.3 Å². The quantitative estimate of drug-likeness (QED) is 0.291. The predicted molar refractivity (Wildman–Crippen MR) is 139 cm³/mol. The number of aryl methyl sites for hydroxylation is 1. The van der Waals surface area contributed by atoms with Crippen molar-refractivity contribution in [3.8, 4) is 11.5 Å². The van der Waals surface area contributed by atoms with Crippen LogP contribution < -0.4 is 20.5 Å². The minimum absolute atomic E-state index is 0.186. The molecule has 1 aliphatic rings. The third-order valence-electron chi connectivity index (χ3n) is 6.03. The Hall–Kier alpha value is -3.72. The third kappa shape index (κ3) is 6.69. The van der Waals surface area contributed by atoms with E-state index in [4.69, 9.17) is 15.2 Å². The van der Waals surface area contributed by atoms with Crippen molar-refractivity contribution in [2.45, 2.75) is 37.2 Å². The lowest BCUT2D eigenvalue weighted by molar-refractivity contribution is -0.141. The van der Waals surface area contributed by atoms with Crippen molar-refractivity contribution in [1.29, 1.82) is 0 Å². The summed E-state index contributed by atoms with van der Waals surface area (Å²) in [6, 6.07) is 18.2. The smallest absolute Gasteiger partial charge is 0.307 e. The number of aliphatic carboxylic acids is 1. The van der Waals surface area contributed by atoms with E-state index in [-0.39, 0.29) is 11.2 Å². The monoisotopic (exact) mass is 507 g/mol. The minimum Gasteiger partial charge on any atom is -0.481 e. The molecule has 0 bridgehead atoms. The van der Waals surface area contributed by atoms with E-state index in [0.29, 0.717) is 55.1 Å². The van der Waals surface area contributed by atoms with E-state index >= 15 is 0 Å². The van der Waals surface area contributed by atoms with Crippen LogP contribution in [0.3, 0.4) is 0 Å². The Kier molecular flexibility index (Phi) is 8.32. The molecule has 4 N–H and O–H groups in total. The maximum absolute atomic E-state index is 12.7. The van der Waals surface area contributed by atoms with Gasteiger partial charge < -0.3 is 25.6 Å². The number of carboxylic acids is 1. The number of nitrogen functional groups attached to an aromatic ring is 1. The zero-order valence-electron chi connectivity index (χ0n) is 19.7. The Labute approximate surface area is 215 Å². The van der Waals surface area contributed by atoms with Crippen LogP contribution in [0.5, 0.6) is 11.5 Å². The molecular formula is C27H29N3O5S. The van der Waals surface area contributed by atoms with Crippen LogP contribution in [0.4, 0.5) is 5.82 Å². The largest absolute Gasteiger partial charge is 0.481 e. The number of aromatic nitrogens is 1. The van der Waals surface area contributed by atoms with Crippen molar-refractivity contribution < 1.29 is 24.2 Å². The van der Waals surface area contributed by atoms with Gasteiger partial charge in [0, 0.05) is 30.0 Å². The molecule has 0 saturated heterocycles. The van der Waals surface area contributed by atoms with Crippen LogP contribution in [-0.4, -0.2) is 40.1 Å². The molecule has 0 saturated carbocycles. The van der Waals surface area contributed by atoms with Crippen molar-refractivity contribution in [2.24, 2.45) is 5.92 Å². The van der Waals surface area contributed by atoms with Gasteiger partial charge in [-0.25, -0.2) is 4.98 Å². The van der Waals surface area contributed by atoms with Crippen LogP contribution in [0.2, 0.25) is 0 Å². The van der Waals surface area contributed by atoms with E-state index in [9.17, 15) is 14.7 Å². The van der Waals surface area contributed by atoms with Crippen LogP contribution in [0.15, 0.2) is 66.9 Å². The number of carboxylic acid groups (broad SMARTS) is 1. The molecule has 2 heterocycles. The van der Waals surface area contributed by atoms with Crippen molar-refractivity contribution in [3.63, 3.8) is 0 Å². The highest BCUT2D eigenvalue weighted by Crippen LogP contribution is 2.34. The number of para-hydroxylation sites is 2. The average molecular weight is 508 g/mol. The first-order chi connectivity index (χ1) is 17.4. The van der Waals surface area contributed by atoms with Gasteiger partial charge >= 0.3 is 5.97 Å². The number of fused-ring (bicyclic) bond motifs is 1. The van der Waals surface area contributed by atoms with Gasteiger partial charge in [-0.2, -0.15) is 12.6 Å². The minimum atomic E-state index is -0.904. The standard InChI is InChI=1S/C27H29N3O5S/c28-24-11-9-18(16-30-24)15-20(27(32)33)23(36)10-8-17-4-3-5-19(14-17)26(31)29-13-12-25-34-21-6-1-2-7-22(21)35-25/h1-7,9,11,14,16,20,23,25,36H,8,10,12-13,15H2,(H2,28,30)(H,29,31)(H,32,33). The van der Waals surface area contributed by atoms with Crippen molar-refractivity contribution in [2.75, 3.05) is 12.3 Å². The van der Waals surface area contributed by atoms with E-state index in [1.165, 1.54) is 0 Å². The Bertz CT molecular complexity index is 1180. The molecule has 2 unspecified atom stereocenters. The van der Waals surface area contributed by atoms with Crippen LogP contribution >= 0.6 is 12.6 Å². The third-order valence-corrected chi connectivity index (χ3v) is 6.65. The van der Waals surface area contributed by atoms with Gasteiger partial charge in [0.15, 0.2) is 11.5 Å². The number of nitrogens with zero attached hydrogens (tertiary/aromatic N) is 1. The number of anilines is 1. The Balaban J connectivity index is 1.26. The summed E-state index contributed by atoms with van der Waals surface area (Å²) in [5, 5.41) is 12.3. The number of benzene rings is 2. The number of nitrogens with two attached hydrogens (primary N) is 1. The summed E-state index contributed by atoms with van der Waals surface area (Å²) < 4.78 is 11.4. The van der Waals surface area contributed by atoms with E-state index in [1.54, 1.807) is 24.4 Å². The van der Waals surface area contributed by atoms with Gasteiger partial charge in [0.05, 0.1) is 5.92 Å². The first-order valence-electron chi connectivity index (χ1n) is 11.8. The number of pyridine rings is 1. The SMILES string of the molecule is Nc1ccc(CC(C(=O)O)C(S)CCc2cccc(C(=O)NCCC3Oc4ccccc4O3)c2)cn1. The van der Waals surface area contributed by atoms with Crippen molar-refractivity contribution >= 4 is 30.3 Å². The molecule has 2 atom stereocenters. The Morgan fingerprint density at radius 1 is 1.06 bits per heavy atom. The lowest BCUT2D eigenvalue weighted by atomic mass is 9.93. The molecule has 1 amide bonds. The van der Waals surface area contributed by atoms with Crippen LogP contribution in [0.1, 0.15) is 34.3 Å². The lowest BCUT2D eigenvalue weighted by Gasteiger charge is -2.19. The molecular weight excluding hydrogens is 478 g/mol. The second-order valence-electron chi connectivity index (χ2n) is 8.70. The summed E-state index contributed by atoms with van der Waals surface area (Å²) in [7, 11) is 0. The summed E-state index contributed by atoms with van der Waals surface area (Å²) >= 11 is 4.59. The molecule has 0 fully saturated rings. The molecule has 3 aromatic rings. The molecule has 4 rings (SSSR count).